The Morgan fingerprint density at radius 3 is 2.80 bits per heavy atom. The Labute approximate surface area is 117 Å². The van der Waals surface area contributed by atoms with E-state index in [-0.39, 0.29) is 0 Å². The number of hydrogen-bond acceptors (Lipinski definition) is 4. The van der Waals surface area contributed by atoms with Crippen molar-refractivity contribution >= 4 is 5.69 Å². The van der Waals surface area contributed by atoms with Gasteiger partial charge in [-0.1, -0.05) is 0 Å². The molecule has 20 heavy (non-hydrogen) atoms. The van der Waals surface area contributed by atoms with E-state index in [0.29, 0.717) is 0 Å². The molecule has 0 saturated carbocycles. The maximum atomic E-state index is 4.38. The average Bonchev–Trinajstić information content (AvgIpc) is 3.01. The van der Waals surface area contributed by atoms with Crippen LogP contribution in [0, 0.1) is 6.92 Å². The SMILES string of the molecule is Cc1ccncc1CNc1ccc(-n2cccn2)nc1. The van der Waals surface area contributed by atoms with Gasteiger partial charge in [0, 0.05) is 31.3 Å². The third-order valence-electron chi connectivity index (χ3n) is 3.12. The van der Waals surface area contributed by atoms with E-state index in [2.05, 4.69) is 27.3 Å². The van der Waals surface area contributed by atoms with Crippen molar-refractivity contribution in [1.29, 1.82) is 0 Å². The number of nitrogens with zero attached hydrogens (tertiary/aromatic N) is 4. The van der Waals surface area contributed by atoms with Crippen LogP contribution in [0.3, 0.4) is 0 Å². The summed E-state index contributed by atoms with van der Waals surface area (Å²) >= 11 is 0. The molecule has 0 aromatic carbocycles. The van der Waals surface area contributed by atoms with E-state index < -0.39 is 0 Å². The first kappa shape index (κ1) is 12.3. The number of rotatable bonds is 4. The maximum absolute atomic E-state index is 4.38. The lowest BCUT2D eigenvalue weighted by atomic mass is 10.1. The quantitative estimate of drug-likeness (QED) is 0.787. The predicted octanol–water partition coefficient (Wildman–Crippen LogP) is 2.58. The number of nitrogens with one attached hydrogen (secondary N) is 1. The van der Waals surface area contributed by atoms with E-state index in [0.717, 1.165) is 18.1 Å². The van der Waals surface area contributed by atoms with Crippen LogP contribution in [-0.4, -0.2) is 19.7 Å². The molecule has 5 nitrogen and oxygen atoms in total. The highest BCUT2D eigenvalue weighted by Gasteiger charge is 2.00. The van der Waals surface area contributed by atoms with Crippen molar-refractivity contribution < 1.29 is 0 Å². The van der Waals surface area contributed by atoms with Crippen LogP contribution in [0.5, 0.6) is 0 Å². The molecule has 3 aromatic heterocycles. The number of pyridine rings is 2. The standard InChI is InChI=1S/C15H15N5/c1-12-5-7-16-9-13(12)10-17-14-3-4-15(18-11-14)20-8-2-6-19-20/h2-9,11,17H,10H2,1H3. The number of hydrogen-bond donors (Lipinski definition) is 1. The van der Waals surface area contributed by atoms with E-state index in [4.69, 9.17) is 0 Å². The fourth-order valence-corrected chi connectivity index (χ4v) is 1.91. The lowest BCUT2D eigenvalue weighted by Crippen LogP contribution is -2.03. The topological polar surface area (TPSA) is 55.6 Å². The van der Waals surface area contributed by atoms with Crippen molar-refractivity contribution in [2.45, 2.75) is 13.5 Å². The van der Waals surface area contributed by atoms with Crippen LogP contribution in [0.1, 0.15) is 11.1 Å². The molecule has 100 valence electrons. The summed E-state index contributed by atoms with van der Waals surface area (Å²) < 4.78 is 1.73. The smallest absolute Gasteiger partial charge is 0.153 e. The van der Waals surface area contributed by atoms with Crippen molar-refractivity contribution in [2.75, 3.05) is 5.32 Å². The minimum atomic E-state index is 0.739. The molecule has 3 aromatic rings. The van der Waals surface area contributed by atoms with E-state index in [9.17, 15) is 0 Å². The van der Waals surface area contributed by atoms with Crippen LogP contribution < -0.4 is 5.32 Å². The zero-order chi connectivity index (χ0) is 13.8. The Kier molecular flexibility index (Phi) is 3.41. The molecule has 0 aliphatic heterocycles. The van der Waals surface area contributed by atoms with Gasteiger partial charge in [0.2, 0.25) is 0 Å². The number of aromatic nitrogens is 4. The van der Waals surface area contributed by atoms with Gasteiger partial charge in [-0.25, -0.2) is 9.67 Å². The maximum Gasteiger partial charge on any atom is 0.153 e. The van der Waals surface area contributed by atoms with E-state index in [1.54, 1.807) is 17.1 Å². The van der Waals surface area contributed by atoms with Gasteiger partial charge in [-0.15, -0.1) is 0 Å². The molecule has 0 bridgehead atoms. The zero-order valence-corrected chi connectivity index (χ0v) is 11.2. The first-order valence-electron chi connectivity index (χ1n) is 6.42. The summed E-state index contributed by atoms with van der Waals surface area (Å²) in [7, 11) is 0. The molecule has 0 spiro atoms. The number of anilines is 1. The normalized spacial score (nSPS) is 10.4. The minimum Gasteiger partial charge on any atom is -0.380 e. The largest absolute Gasteiger partial charge is 0.380 e. The second kappa shape index (κ2) is 5.52. The first-order valence-corrected chi connectivity index (χ1v) is 6.42. The second-order valence-electron chi connectivity index (χ2n) is 4.51. The van der Waals surface area contributed by atoms with Crippen molar-refractivity contribution in [2.24, 2.45) is 0 Å². The fourth-order valence-electron chi connectivity index (χ4n) is 1.91. The van der Waals surface area contributed by atoms with Crippen molar-refractivity contribution in [3.8, 4) is 5.82 Å². The van der Waals surface area contributed by atoms with Gasteiger partial charge in [0.15, 0.2) is 5.82 Å². The van der Waals surface area contributed by atoms with Gasteiger partial charge in [-0.2, -0.15) is 5.10 Å². The molecule has 0 saturated heterocycles. The summed E-state index contributed by atoms with van der Waals surface area (Å²) in [6, 6.07) is 7.82. The second-order valence-corrected chi connectivity index (χ2v) is 4.51. The molecule has 5 heteroatoms. The van der Waals surface area contributed by atoms with Crippen LogP contribution in [0.4, 0.5) is 5.69 Å². The molecule has 1 N–H and O–H groups in total. The Morgan fingerprint density at radius 1 is 1.15 bits per heavy atom. The van der Waals surface area contributed by atoms with Gasteiger partial charge in [-0.3, -0.25) is 4.98 Å². The van der Waals surface area contributed by atoms with Crippen LogP contribution >= 0.6 is 0 Å². The summed E-state index contributed by atoms with van der Waals surface area (Å²) in [6.45, 7) is 2.82. The molecule has 3 heterocycles. The summed E-state index contributed by atoms with van der Waals surface area (Å²) in [5, 5.41) is 7.49. The van der Waals surface area contributed by atoms with Crippen molar-refractivity contribution in [3.05, 3.63) is 66.4 Å². The predicted molar refractivity (Wildman–Crippen MR) is 77.7 cm³/mol. The molecule has 0 amide bonds. The van der Waals surface area contributed by atoms with Gasteiger partial charge < -0.3 is 5.32 Å². The Morgan fingerprint density at radius 2 is 2.10 bits per heavy atom. The third kappa shape index (κ3) is 2.66. The molecular weight excluding hydrogens is 250 g/mol. The zero-order valence-electron chi connectivity index (χ0n) is 11.2. The summed E-state index contributed by atoms with van der Waals surface area (Å²) in [4.78, 5) is 8.52. The monoisotopic (exact) mass is 265 g/mol. The van der Waals surface area contributed by atoms with E-state index in [1.807, 2.05) is 42.9 Å². The van der Waals surface area contributed by atoms with Gasteiger partial charge >= 0.3 is 0 Å². The molecular formula is C15H15N5. The Bertz CT molecular complexity index is 674. The average molecular weight is 265 g/mol. The summed E-state index contributed by atoms with van der Waals surface area (Å²) in [5.41, 5.74) is 3.39. The molecule has 0 aliphatic rings. The Hall–Kier alpha value is -2.69. The highest BCUT2D eigenvalue weighted by Crippen LogP contribution is 2.12. The highest BCUT2D eigenvalue weighted by molar-refractivity contribution is 5.44. The molecule has 0 radical (unpaired) electrons. The van der Waals surface area contributed by atoms with Crippen LogP contribution in [0.15, 0.2) is 55.2 Å². The summed E-state index contributed by atoms with van der Waals surface area (Å²) in [6.07, 6.45) is 9.10. The van der Waals surface area contributed by atoms with Gasteiger partial charge in [0.25, 0.3) is 0 Å². The van der Waals surface area contributed by atoms with Crippen molar-refractivity contribution in [3.63, 3.8) is 0 Å². The van der Waals surface area contributed by atoms with Gasteiger partial charge in [0.1, 0.15) is 0 Å². The molecule has 0 atom stereocenters. The van der Waals surface area contributed by atoms with Crippen LogP contribution in [0.2, 0.25) is 0 Å². The van der Waals surface area contributed by atoms with Crippen LogP contribution in [0.25, 0.3) is 5.82 Å². The van der Waals surface area contributed by atoms with Gasteiger partial charge in [0.05, 0.1) is 11.9 Å². The Balaban J connectivity index is 1.68. The number of aryl methyl sites for hydroxylation is 1. The third-order valence-corrected chi connectivity index (χ3v) is 3.12. The van der Waals surface area contributed by atoms with Crippen LogP contribution in [-0.2, 0) is 6.54 Å². The fraction of sp³-hybridized carbons (Fsp3) is 0.133. The van der Waals surface area contributed by atoms with E-state index in [1.165, 1.54) is 11.1 Å². The molecule has 0 fully saturated rings. The van der Waals surface area contributed by atoms with E-state index >= 15 is 0 Å². The molecule has 0 aliphatic carbocycles. The van der Waals surface area contributed by atoms with Crippen molar-refractivity contribution in [1.82, 2.24) is 19.7 Å². The molecule has 0 unspecified atom stereocenters. The first-order chi connectivity index (χ1) is 9.83. The lowest BCUT2D eigenvalue weighted by Gasteiger charge is -2.08. The lowest BCUT2D eigenvalue weighted by molar-refractivity contribution is 0.847. The summed E-state index contributed by atoms with van der Waals surface area (Å²) in [5.74, 6) is 0.804. The molecule has 3 rings (SSSR count). The highest BCUT2D eigenvalue weighted by atomic mass is 15.3. The minimum absolute atomic E-state index is 0.739. The van der Waals surface area contributed by atoms with Gasteiger partial charge in [-0.05, 0) is 42.3 Å².